The molecule has 2 aliphatic carbocycles. The van der Waals surface area contributed by atoms with Crippen LogP contribution in [0.5, 0.6) is 0 Å². The maximum Gasteiger partial charge on any atom is 0.0124 e. The van der Waals surface area contributed by atoms with Crippen molar-refractivity contribution in [3.05, 3.63) is 0 Å². The van der Waals surface area contributed by atoms with Gasteiger partial charge in [0.2, 0.25) is 0 Å². The highest BCUT2D eigenvalue weighted by Gasteiger charge is 2.40. The van der Waals surface area contributed by atoms with E-state index in [2.05, 4.69) is 19.2 Å². The number of nitrogens with two attached hydrogens (primary N) is 1. The minimum Gasteiger partial charge on any atom is -0.328 e. The van der Waals surface area contributed by atoms with Crippen molar-refractivity contribution in [3.8, 4) is 0 Å². The van der Waals surface area contributed by atoms with E-state index in [1.165, 1.54) is 51.5 Å². The topological polar surface area (TPSA) is 38.0 Å². The molecule has 2 fully saturated rings. The molecule has 2 atom stereocenters. The van der Waals surface area contributed by atoms with Crippen LogP contribution in [0.25, 0.3) is 0 Å². The van der Waals surface area contributed by atoms with Crippen LogP contribution in [0.4, 0.5) is 0 Å². The lowest BCUT2D eigenvalue weighted by molar-refractivity contribution is 0.365. The molecule has 17 heavy (non-hydrogen) atoms. The Morgan fingerprint density at radius 3 is 2.12 bits per heavy atom. The summed E-state index contributed by atoms with van der Waals surface area (Å²) in [5.41, 5.74) is 5.78. The van der Waals surface area contributed by atoms with Crippen LogP contribution < -0.4 is 11.1 Å². The maximum atomic E-state index is 5.78. The largest absolute Gasteiger partial charge is 0.328 e. The van der Waals surface area contributed by atoms with Gasteiger partial charge in [-0.25, -0.2) is 0 Å². The van der Waals surface area contributed by atoms with Crippen LogP contribution in [-0.4, -0.2) is 18.6 Å². The lowest BCUT2D eigenvalue weighted by atomic mass is 10.0. The Bertz CT molecular complexity index is 207. The van der Waals surface area contributed by atoms with E-state index >= 15 is 0 Å². The molecule has 0 aliphatic heterocycles. The first kappa shape index (κ1) is 13.4. The van der Waals surface area contributed by atoms with Gasteiger partial charge in [0.15, 0.2) is 0 Å². The van der Waals surface area contributed by atoms with Crippen LogP contribution in [-0.2, 0) is 0 Å². The molecule has 0 heterocycles. The third-order valence-corrected chi connectivity index (χ3v) is 4.32. The standard InChI is InChI=1S/C15H30N2/c1-11(4-3-5-12(2)16)10-17-15(13-6-7-13)14-8-9-14/h11-15,17H,3-10,16H2,1-2H3. The molecule has 3 N–H and O–H groups in total. The number of nitrogens with one attached hydrogen (secondary N) is 1. The molecule has 2 nitrogen and oxygen atoms in total. The van der Waals surface area contributed by atoms with Crippen molar-refractivity contribution < 1.29 is 0 Å². The molecule has 0 amide bonds. The zero-order chi connectivity index (χ0) is 12.3. The Morgan fingerprint density at radius 2 is 1.65 bits per heavy atom. The molecule has 0 bridgehead atoms. The van der Waals surface area contributed by atoms with Crippen LogP contribution in [0.3, 0.4) is 0 Å². The van der Waals surface area contributed by atoms with E-state index in [1.54, 1.807) is 0 Å². The van der Waals surface area contributed by atoms with Gasteiger partial charge in [0.1, 0.15) is 0 Å². The van der Waals surface area contributed by atoms with Crippen molar-refractivity contribution >= 4 is 0 Å². The lowest BCUT2D eigenvalue weighted by Crippen LogP contribution is -2.36. The van der Waals surface area contributed by atoms with Gasteiger partial charge < -0.3 is 11.1 Å². The smallest absolute Gasteiger partial charge is 0.0124 e. The monoisotopic (exact) mass is 238 g/mol. The first-order valence-corrected chi connectivity index (χ1v) is 7.65. The van der Waals surface area contributed by atoms with E-state index in [0.717, 1.165) is 23.8 Å². The summed E-state index contributed by atoms with van der Waals surface area (Å²) in [5.74, 6) is 2.87. The van der Waals surface area contributed by atoms with Crippen LogP contribution >= 0.6 is 0 Å². The molecule has 0 radical (unpaired) electrons. The fourth-order valence-corrected chi connectivity index (χ4v) is 2.86. The molecule has 2 unspecified atom stereocenters. The highest BCUT2D eigenvalue weighted by Crippen LogP contribution is 2.44. The van der Waals surface area contributed by atoms with Crippen molar-refractivity contribution in [3.63, 3.8) is 0 Å². The number of hydrogen-bond acceptors (Lipinski definition) is 2. The summed E-state index contributed by atoms with van der Waals surface area (Å²) < 4.78 is 0. The van der Waals surface area contributed by atoms with E-state index < -0.39 is 0 Å². The van der Waals surface area contributed by atoms with E-state index in [0.29, 0.717) is 6.04 Å². The van der Waals surface area contributed by atoms with Gasteiger partial charge in [0, 0.05) is 12.1 Å². The van der Waals surface area contributed by atoms with Gasteiger partial charge in [-0.15, -0.1) is 0 Å². The molecular formula is C15H30N2. The SMILES string of the molecule is CC(N)CCCC(C)CNC(C1CC1)C1CC1. The molecular weight excluding hydrogens is 208 g/mol. The summed E-state index contributed by atoms with van der Waals surface area (Å²) in [6.45, 7) is 5.71. The number of rotatable bonds is 9. The average molecular weight is 238 g/mol. The van der Waals surface area contributed by atoms with Crippen molar-refractivity contribution in [2.45, 2.75) is 70.9 Å². The Balaban J connectivity index is 1.56. The second-order valence-corrected chi connectivity index (χ2v) is 6.62. The van der Waals surface area contributed by atoms with Gasteiger partial charge in [-0.05, 0) is 69.7 Å². The van der Waals surface area contributed by atoms with Gasteiger partial charge in [0.05, 0.1) is 0 Å². The van der Waals surface area contributed by atoms with Crippen molar-refractivity contribution in [2.75, 3.05) is 6.54 Å². The average Bonchev–Trinajstić information content (AvgIpc) is 3.12. The first-order chi connectivity index (χ1) is 8.16. The Labute approximate surface area is 107 Å². The Morgan fingerprint density at radius 1 is 1.06 bits per heavy atom. The molecule has 2 heteroatoms. The zero-order valence-electron chi connectivity index (χ0n) is 11.6. The second kappa shape index (κ2) is 6.19. The fraction of sp³-hybridized carbons (Fsp3) is 1.00. The first-order valence-electron chi connectivity index (χ1n) is 7.65. The number of hydrogen-bond donors (Lipinski definition) is 2. The highest BCUT2D eigenvalue weighted by atomic mass is 14.9. The van der Waals surface area contributed by atoms with Crippen LogP contribution in [0.2, 0.25) is 0 Å². The molecule has 0 spiro atoms. The molecule has 0 aromatic rings. The van der Waals surface area contributed by atoms with Crippen molar-refractivity contribution in [1.29, 1.82) is 0 Å². The predicted molar refractivity (Wildman–Crippen MR) is 73.9 cm³/mol. The summed E-state index contributed by atoms with van der Waals surface area (Å²) in [6, 6.07) is 1.24. The quantitative estimate of drug-likeness (QED) is 0.648. The third kappa shape index (κ3) is 4.97. The van der Waals surface area contributed by atoms with E-state index in [1.807, 2.05) is 0 Å². The minimum atomic E-state index is 0.376. The minimum absolute atomic E-state index is 0.376. The maximum absolute atomic E-state index is 5.78. The normalized spacial score (nSPS) is 24.0. The summed E-state index contributed by atoms with van der Waals surface area (Å²) in [4.78, 5) is 0. The van der Waals surface area contributed by atoms with Crippen LogP contribution in [0, 0.1) is 17.8 Å². The van der Waals surface area contributed by atoms with Crippen LogP contribution in [0.15, 0.2) is 0 Å². The van der Waals surface area contributed by atoms with Gasteiger partial charge in [-0.1, -0.05) is 13.3 Å². The molecule has 0 aromatic heterocycles. The van der Waals surface area contributed by atoms with Gasteiger partial charge in [-0.3, -0.25) is 0 Å². The molecule has 2 aliphatic rings. The molecule has 2 rings (SSSR count). The zero-order valence-corrected chi connectivity index (χ0v) is 11.6. The predicted octanol–water partition coefficient (Wildman–Crippen LogP) is 2.92. The highest BCUT2D eigenvalue weighted by molar-refractivity contribution is 4.96. The van der Waals surface area contributed by atoms with E-state index in [9.17, 15) is 0 Å². The van der Waals surface area contributed by atoms with Crippen molar-refractivity contribution in [2.24, 2.45) is 23.5 Å². The fourth-order valence-electron chi connectivity index (χ4n) is 2.86. The van der Waals surface area contributed by atoms with Gasteiger partial charge in [0.25, 0.3) is 0 Å². The molecule has 0 aromatic carbocycles. The summed E-state index contributed by atoms with van der Waals surface area (Å²) in [5, 5.41) is 3.85. The summed E-state index contributed by atoms with van der Waals surface area (Å²) >= 11 is 0. The lowest BCUT2D eigenvalue weighted by Gasteiger charge is -2.21. The summed E-state index contributed by atoms with van der Waals surface area (Å²) in [6.07, 6.45) is 9.72. The Hall–Kier alpha value is -0.0800. The van der Waals surface area contributed by atoms with E-state index in [-0.39, 0.29) is 0 Å². The summed E-state index contributed by atoms with van der Waals surface area (Å²) in [7, 11) is 0. The van der Waals surface area contributed by atoms with Gasteiger partial charge >= 0.3 is 0 Å². The van der Waals surface area contributed by atoms with Crippen LogP contribution in [0.1, 0.15) is 58.8 Å². The Kier molecular flexibility index (Phi) is 4.87. The van der Waals surface area contributed by atoms with E-state index in [4.69, 9.17) is 5.73 Å². The third-order valence-electron chi connectivity index (χ3n) is 4.32. The molecule has 100 valence electrons. The second-order valence-electron chi connectivity index (χ2n) is 6.62. The molecule has 2 saturated carbocycles. The van der Waals surface area contributed by atoms with Gasteiger partial charge in [-0.2, -0.15) is 0 Å². The molecule has 0 saturated heterocycles. The van der Waals surface area contributed by atoms with Crippen molar-refractivity contribution in [1.82, 2.24) is 5.32 Å².